The minimum absolute atomic E-state index is 0.862. The first-order valence-electron chi connectivity index (χ1n) is 5.38. The molecule has 12 heavy (non-hydrogen) atoms. The zero-order valence-corrected chi connectivity index (χ0v) is 8.81. The number of unbranched alkanes of at least 4 members (excludes halogenated alkanes) is 2. The molecule has 2 heteroatoms. The molecule has 0 unspecified atom stereocenters. The summed E-state index contributed by atoms with van der Waals surface area (Å²) in [5, 5.41) is 2.45. The number of quaternary nitrogens is 2. The molecule has 0 heterocycles. The summed E-state index contributed by atoms with van der Waals surface area (Å²) in [6.07, 6.45) is 5.39. The lowest BCUT2D eigenvalue weighted by molar-refractivity contribution is -0.656. The summed E-state index contributed by atoms with van der Waals surface area (Å²) in [5.74, 6) is 0.862. The lowest BCUT2D eigenvalue weighted by Gasteiger charge is -2.03. The van der Waals surface area contributed by atoms with Gasteiger partial charge < -0.3 is 11.1 Å². The molecule has 0 fully saturated rings. The third kappa shape index (κ3) is 9.92. The first kappa shape index (κ1) is 11.9. The Bertz CT molecular complexity index is 81.9. The second-order valence-corrected chi connectivity index (χ2v) is 3.96. The van der Waals surface area contributed by atoms with Crippen LogP contribution in [0.3, 0.4) is 0 Å². The second kappa shape index (κ2) is 9.01. The average molecular weight is 174 g/mol. The summed E-state index contributed by atoms with van der Waals surface area (Å²) in [6, 6.07) is 0. The SMILES string of the molecule is CC(C)CC[NH2+]CCCCC[NH3+]. The van der Waals surface area contributed by atoms with Crippen LogP contribution in [0.5, 0.6) is 0 Å². The van der Waals surface area contributed by atoms with Crippen LogP contribution >= 0.6 is 0 Å². The van der Waals surface area contributed by atoms with Gasteiger partial charge in [-0.3, -0.25) is 0 Å². The summed E-state index contributed by atoms with van der Waals surface area (Å²) >= 11 is 0. The molecule has 0 saturated heterocycles. The fourth-order valence-corrected chi connectivity index (χ4v) is 1.24. The van der Waals surface area contributed by atoms with E-state index in [4.69, 9.17) is 0 Å². The van der Waals surface area contributed by atoms with E-state index in [9.17, 15) is 0 Å². The predicted octanol–water partition coefficient (Wildman–Crippen LogP) is 0.00810. The largest absolute Gasteiger partial charge is 0.358 e. The topological polar surface area (TPSA) is 44.2 Å². The molecular weight excluding hydrogens is 148 g/mol. The van der Waals surface area contributed by atoms with Gasteiger partial charge in [-0.2, -0.15) is 0 Å². The van der Waals surface area contributed by atoms with E-state index in [2.05, 4.69) is 24.9 Å². The van der Waals surface area contributed by atoms with Gasteiger partial charge >= 0.3 is 0 Å². The fraction of sp³-hybridized carbons (Fsp3) is 1.00. The van der Waals surface area contributed by atoms with E-state index in [0.717, 1.165) is 12.5 Å². The first-order valence-corrected chi connectivity index (χ1v) is 5.38. The Balaban J connectivity index is 2.82. The molecule has 74 valence electrons. The lowest BCUT2D eigenvalue weighted by Crippen LogP contribution is -2.84. The van der Waals surface area contributed by atoms with Crippen molar-refractivity contribution >= 4 is 0 Å². The molecule has 0 radical (unpaired) electrons. The molecule has 0 aliphatic rings. The molecule has 0 aromatic carbocycles. The maximum absolute atomic E-state index is 3.83. The van der Waals surface area contributed by atoms with Gasteiger partial charge in [0.2, 0.25) is 0 Å². The van der Waals surface area contributed by atoms with Crippen LogP contribution in [0, 0.1) is 5.92 Å². The molecular formula is C10H26N2+2. The normalized spacial score (nSPS) is 11.0. The van der Waals surface area contributed by atoms with Gasteiger partial charge in [-0.1, -0.05) is 13.8 Å². The van der Waals surface area contributed by atoms with Crippen molar-refractivity contribution in [1.82, 2.24) is 0 Å². The highest BCUT2D eigenvalue weighted by molar-refractivity contribution is 4.40. The summed E-state index contributed by atoms with van der Waals surface area (Å²) in [4.78, 5) is 0. The molecule has 0 aliphatic heterocycles. The Morgan fingerprint density at radius 3 is 2.42 bits per heavy atom. The standard InChI is InChI=1S/C10H24N2/c1-10(2)6-9-12-8-5-3-4-7-11/h10,12H,3-9,11H2,1-2H3/p+2. The van der Waals surface area contributed by atoms with Crippen molar-refractivity contribution in [2.24, 2.45) is 5.92 Å². The first-order chi connectivity index (χ1) is 5.77. The highest BCUT2D eigenvalue weighted by atomic mass is 14.8. The van der Waals surface area contributed by atoms with E-state index in [1.54, 1.807) is 0 Å². The average Bonchev–Trinajstić information content (AvgIpc) is 2.02. The highest BCUT2D eigenvalue weighted by Crippen LogP contribution is 1.94. The molecule has 0 aliphatic carbocycles. The van der Waals surface area contributed by atoms with Crippen LogP contribution in [0.15, 0.2) is 0 Å². The van der Waals surface area contributed by atoms with Crippen LogP contribution in [0.1, 0.15) is 39.5 Å². The Hall–Kier alpha value is -0.0800. The molecule has 0 aromatic heterocycles. The van der Waals surface area contributed by atoms with Gasteiger partial charge in [-0.15, -0.1) is 0 Å². The number of hydrogen-bond acceptors (Lipinski definition) is 0. The van der Waals surface area contributed by atoms with Gasteiger partial charge in [0.05, 0.1) is 19.6 Å². The van der Waals surface area contributed by atoms with Crippen LogP contribution in [-0.2, 0) is 0 Å². The van der Waals surface area contributed by atoms with E-state index in [1.165, 1.54) is 38.8 Å². The van der Waals surface area contributed by atoms with Gasteiger partial charge in [0.1, 0.15) is 0 Å². The van der Waals surface area contributed by atoms with Gasteiger partial charge in [-0.05, 0) is 31.6 Å². The maximum Gasteiger partial charge on any atom is 0.0757 e. The monoisotopic (exact) mass is 174 g/mol. The molecule has 0 rings (SSSR count). The van der Waals surface area contributed by atoms with Crippen molar-refractivity contribution in [3.8, 4) is 0 Å². The highest BCUT2D eigenvalue weighted by Gasteiger charge is 1.95. The molecule has 0 amide bonds. The van der Waals surface area contributed by atoms with E-state index in [1.807, 2.05) is 0 Å². The van der Waals surface area contributed by atoms with Gasteiger partial charge in [0.25, 0.3) is 0 Å². The third-order valence-electron chi connectivity index (χ3n) is 2.11. The molecule has 5 N–H and O–H groups in total. The zero-order valence-electron chi connectivity index (χ0n) is 8.81. The van der Waals surface area contributed by atoms with E-state index < -0.39 is 0 Å². The fourth-order valence-electron chi connectivity index (χ4n) is 1.24. The Morgan fingerprint density at radius 2 is 1.83 bits per heavy atom. The van der Waals surface area contributed by atoms with Crippen LogP contribution in [-0.4, -0.2) is 19.6 Å². The summed E-state index contributed by atoms with van der Waals surface area (Å²) in [7, 11) is 0. The lowest BCUT2D eigenvalue weighted by atomic mass is 10.1. The van der Waals surface area contributed by atoms with Crippen molar-refractivity contribution in [3.05, 3.63) is 0 Å². The Morgan fingerprint density at radius 1 is 1.08 bits per heavy atom. The van der Waals surface area contributed by atoms with Crippen molar-refractivity contribution in [2.75, 3.05) is 19.6 Å². The molecule has 0 saturated carbocycles. The predicted molar refractivity (Wildman–Crippen MR) is 52.7 cm³/mol. The molecule has 0 bridgehead atoms. The second-order valence-electron chi connectivity index (χ2n) is 3.96. The van der Waals surface area contributed by atoms with Gasteiger partial charge in [0.15, 0.2) is 0 Å². The molecule has 2 nitrogen and oxygen atoms in total. The minimum Gasteiger partial charge on any atom is -0.358 e. The van der Waals surface area contributed by atoms with Crippen molar-refractivity contribution in [2.45, 2.75) is 39.5 Å². The quantitative estimate of drug-likeness (QED) is 0.487. The third-order valence-corrected chi connectivity index (χ3v) is 2.11. The smallest absolute Gasteiger partial charge is 0.0757 e. The number of nitrogens with two attached hydrogens (primary N) is 1. The zero-order chi connectivity index (χ0) is 9.23. The molecule has 0 atom stereocenters. The van der Waals surface area contributed by atoms with E-state index in [-0.39, 0.29) is 0 Å². The molecule has 0 spiro atoms. The maximum atomic E-state index is 3.83. The van der Waals surface area contributed by atoms with Crippen LogP contribution < -0.4 is 11.1 Å². The Kier molecular flexibility index (Phi) is 8.95. The van der Waals surface area contributed by atoms with Crippen LogP contribution in [0.4, 0.5) is 0 Å². The van der Waals surface area contributed by atoms with E-state index in [0.29, 0.717) is 0 Å². The van der Waals surface area contributed by atoms with Crippen molar-refractivity contribution in [1.29, 1.82) is 0 Å². The Labute approximate surface area is 76.9 Å². The van der Waals surface area contributed by atoms with Crippen molar-refractivity contribution < 1.29 is 11.1 Å². The molecule has 0 aromatic rings. The number of hydrogen-bond donors (Lipinski definition) is 2. The van der Waals surface area contributed by atoms with Gasteiger partial charge in [-0.25, -0.2) is 0 Å². The van der Waals surface area contributed by atoms with Gasteiger partial charge in [0, 0.05) is 0 Å². The minimum atomic E-state index is 0.862. The summed E-state index contributed by atoms with van der Waals surface area (Å²) in [5.41, 5.74) is 3.83. The van der Waals surface area contributed by atoms with Crippen LogP contribution in [0.2, 0.25) is 0 Å². The van der Waals surface area contributed by atoms with Crippen LogP contribution in [0.25, 0.3) is 0 Å². The summed E-state index contributed by atoms with van der Waals surface area (Å²) < 4.78 is 0. The number of rotatable bonds is 8. The summed E-state index contributed by atoms with van der Waals surface area (Å²) in [6.45, 7) is 8.30. The van der Waals surface area contributed by atoms with Crippen molar-refractivity contribution in [3.63, 3.8) is 0 Å². The van der Waals surface area contributed by atoms with E-state index >= 15 is 0 Å².